The van der Waals surface area contributed by atoms with E-state index < -0.39 is 11.0 Å². The molecule has 1 aliphatic rings. The maximum Gasteiger partial charge on any atom is 0.279 e. The molecule has 1 unspecified atom stereocenters. The van der Waals surface area contributed by atoms with Crippen LogP contribution >= 0.6 is 0 Å². The van der Waals surface area contributed by atoms with E-state index in [1.807, 2.05) is 0 Å². The number of benzene rings is 1. The molecule has 1 heterocycles. The van der Waals surface area contributed by atoms with E-state index in [0.29, 0.717) is 24.7 Å². The maximum absolute atomic E-state index is 10.8. The van der Waals surface area contributed by atoms with Gasteiger partial charge in [0.25, 0.3) is 5.69 Å². The van der Waals surface area contributed by atoms with E-state index in [4.69, 9.17) is 9.47 Å². The van der Waals surface area contributed by atoms with Crippen LogP contribution in [0.15, 0.2) is 12.1 Å². The first kappa shape index (κ1) is 10.7. The van der Waals surface area contributed by atoms with Gasteiger partial charge in [-0.3, -0.25) is 10.1 Å². The van der Waals surface area contributed by atoms with E-state index >= 15 is 0 Å². The van der Waals surface area contributed by atoms with Crippen molar-refractivity contribution in [2.75, 3.05) is 13.2 Å². The predicted octanol–water partition coefficient (Wildman–Crippen LogP) is 1.42. The molecule has 0 spiro atoms. The van der Waals surface area contributed by atoms with Crippen LogP contribution < -0.4 is 9.47 Å². The SMILES string of the molecule is CC(O)c1cc2c(cc1[N+](=O)[O-])OCCO2. The molecule has 0 bridgehead atoms. The van der Waals surface area contributed by atoms with E-state index in [-0.39, 0.29) is 11.3 Å². The van der Waals surface area contributed by atoms with Crippen LogP contribution in [0.4, 0.5) is 5.69 Å². The van der Waals surface area contributed by atoms with E-state index in [9.17, 15) is 15.2 Å². The summed E-state index contributed by atoms with van der Waals surface area (Å²) < 4.78 is 10.5. The number of fused-ring (bicyclic) bond motifs is 1. The molecule has 0 radical (unpaired) electrons. The van der Waals surface area contributed by atoms with E-state index in [0.717, 1.165) is 0 Å². The minimum absolute atomic E-state index is 0.153. The summed E-state index contributed by atoms with van der Waals surface area (Å²) in [6.07, 6.45) is -0.920. The molecular weight excluding hydrogens is 214 g/mol. The Labute approximate surface area is 91.6 Å². The molecule has 1 aromatic carbocycles. The summed E-state index contributed by atoms with van der Waals surface area (Å²) in [5.41, 5.74) is 0.0773. The second-order valence-corrected chi connectivity index (χ2v) is 3.49. The molecule has 2 rings (SSSR count). The Morgan fingerprint density at radius 3 is 2.44 bits per heavy atom. The number of nitro benzene ring substituents is 1. The topological polar surface area (TPSA) is 81.8 Å². The lowest BCUT2D eigenvalue weighted by atomic mass is 10.1. The second kappa shape index (κ2) is 3.97. The van der Waals surface area contributed by atoms with Crippen molar-refractivity contribution in [3.63, 3.8) is 0 Å². The summed E-state index contributed by atoms with van der Waals surface area (Å²) in [6.45, 7) is 2.25. The van der Waals surface area contributed by atoms with Crippen LogP contribution in [0.5, 0.6) is 11.5 Å². The molecule has 0 saturated heterocycles. The lowest BCUT2D eigenvalue weighted by molar-refractivity contribution is -0.386. The second-order valence-electron chi connectivity index (χ2n) is 3.49. The van der Waals surface area contributed by atoms with Crippen LogP contribution in [-0.4, -0.2) is 23.2 Å². The highest BCUT2D eigenvalue weighted by atomic mass is 16.6. The lowest BCUT2D eigenvalue weighted by Crippen LogP contribution is -2.16. The van der Waals surface area contributed by atoms with Crippen LogP contribution in [0.1, 0.15) is 18.6 Å². The minimum atomic E-state index is -0.920. The van der Waals surface area contributed by atoms with E-state index in [1.165, 1.54) is 19.1 Å². The third-order valence-corrected chi connectivity index (χ3v) is 2.34. The Balaban J connectivity index is 2.54. The summed E-state index contributed by atoms with van der Waals surface area (Å²) >= 11 is 0. The number of aliphatic hydroxyl groups excluding tert-OH is 1. The number of hydrogen-bond acceptors (Lipinski definition) is 5. The Morgan fingerprint density at radius 1 is 1.38 bits per heavy atom. The van der Waals surface area contributed by atoms with Crippen molar-refractivity contribution < 1.29 is 19.5 Å². The Bertz CT molecular complexity index is 429. The Kier molecular flexibility index (Phi) is 2.66. The number of hydrogen-bond donors (Lipinski definition) is 1. The van der Waals surface area contributed by atoms with Crippen LogP contribution in [-0.2, 0) is 0 Å². The molecule has 1 aliphatic heterocycles. The number of nitro groups is 1. The minimum Gasteiger partial charge on any atom is -0.486 e. The van der Waals surface area contributed by atoms with E-state index in [1.54, 1.807) is 0 Å². The molecule has 6 nitrogen and oxygen atoms in total. The largest absolute Gasteiger partial charge is 0.486 e. The van der Waals surface area contributed by atoms with Gasteiger partial charge in [0.15, 0.2) is 11.5 Å². The fourth-order valence-corrected chi connectivity index (χ4v) is 1.59. The first-order chi connectivity index (χ1) is 7.59. The highest BCUT2D eigenvalue weighted by Crippen LogP contribution is 2.38. The van der Waals surface area contributed by atoms with Gasteiger partial charge in [0, 0.05) is 0 Å². The molecule has 0 aromatic heterocycles. The van der Waals surface area contributed by atoms with Crippen LogP contribution in [0.3, 0.4) is 0 Å². The Hall–Kier alpha value is -1.82. The maximum atomic E-state index is 10.8. The van der Waals surface area contributed by atoms with Gasteiger partial charge < -0.3 is 14.6 Å². The van der Waals surface area contributed by atoms with Gasteiger partial charge in [-0.1, -0.05) is 0 Å². The van der Waals surface area contributed by atoms with Gasteiger partial charge in [0.05, 0.1) is 22.7 Å². The van der Waals surface area contributed by atoms with E-state index in [2.05, 4.69) is 0 Å². The predicted molar refractivity (Wildman–Crippen MR) is 54.7 cm³/mol. The molecule has 0 amide bonds. The van der Waals surface area contributed by atoms with Gasteiger partial charge in [-0.15, -0.1) is 0 Å². The average molecular weight is 225 g/mol. The molecular formula is C10H11NO5. The van der Waals surface area contributed by atoms with Crippen molar-refractivity contribution >= 4 is 5.69 Å². The zero-order chi connectivity index (χ0) is 11.7. The molecule has 16 heavy (non-hydrogen) atoms. The Morgan fingerprint density at radius 2 is 1.94 bits per heavy atom. The van der Waals surface area contributed by atoms with Gasteiger partial charge in [-0.05, 0) is 13.0 Å². The fraction of sp³-hybridized carbons (Fsp3) is 0.400. The van der Waals surface area contributed by atoms with Crippen molar-refractivity contribution in [1.29, 1.82) is 0 Å². The molecule has 1 atom stereocenters. The smallest absolute Gasteiger partial charge is 0.279 e. The summed E-state index contributed by atoms with van der Waals surface area (Å²) in [7, 11) is 0. The van der Waals surface area contributed by atoms with Crippen molar-refractivity contribution in [2.45, 2.75) is 13.0 Å². The molecule has 1 aromatic rings. The highest BCUT2D eigenvalue weighted by molar-refractivity contribution is 5.55. The number of rotatable bonds is 2. The summed E-state index contributed by atoms with van der Waals surface area (Å²) in [6, 6.07) is 2.74. The monoisotopic (exact) mass is 225 g/mol. The molecule has 1 N–H and O–H groups in total. The summed E-state index contributed by atoms with van der Waals surface area (Å²) in [4.78, 5) is 10.3. The third kappa shape index (κ3) is 1.79. The molecule has 0 saturated carbocycles. The zero-order valence-electron chi connectivity index (χ0n) is 8.67. The number of ether oxygens (including phenoxy) is 2. The van der Waals surface area contributed by atoms with Crippen molar-refractivity contribution in [3.8, 4) is 11.5 Å². The normalized spacial score (nSPS) is 15.6. The molecule has 86 valence electrons. The molecule has 0 aliphatic carbocycles. The first-order valence-electron chi connectivity index (χ1n) is 4.85. The van der Waals surface area contributed by atoms with Gasteiger partial charge in [0.1, 0.15) is 13.2 Å². The fourth-order valence-electron chi connectivity index (χ4n) is 1.59. The van der Waals surface area contributed by atoms with Crippen LogP contribution in [0, 0.1) is 10.1 Å². The van der Waals surface area contributed by atoms with Crippen LogP contribution in [0.2, 0.25) is 0 Å². The number of nitrogens with zero attached hydrogens (tertiary/aromatic N) is 1. The molecule has 6 heteroatoms. The van der Waals surface area contributed by atoms with Crippen molar-refractivity contribution in [2.24, 2.45) is 0 Å². The standard InChI is InChI=1S/C10H11NO5/c1-6(12)7-4-9-10(16-3-2-15-9)5-8(7)11(13)14/h4-6,12H,2-3H2,1H3. The lowest BCUT2D eigenvalue weighted by Gasteiger charge is -2.19. The summed E-state index contributed by atoms with van der Waals surface area (Å²) in [5, 5.41) is 20.3. The van der Waals surface area contributed by atoms with Crippen molar-refractivity contribution in [3.05, 3.63) is 27.8 Å². The highest BCUT2D eigenvalue weighted by Gasteiger charge is 2.24. The van der Waals surface area contributed by atoms with Gasteiger partial charge in [-0.2, -0.15) is 0 Å². The van der Waals surface area contributed by atoms with Crippen LogP contribution in [0.25, 0.3) is 0 Å². The first-order valence-corrected chi connectivity index (χ1v) is 4.85. The van der Waals surface area contributed by atoms with Gasteiger partial charge >= 0.3 is 0 Å². The quantitative estimate of drug-likeness (QED) is 0.608. The zero-order valence-corrected chi connectivity index (χ0v) is 8.67. The number of aliphatic hydroxyl groups is 1. The third-order valence-electron chi connectivity index (χ3n) is 2.34. The van der Waals surface area contributed by atoms with Gasteiger partial charge in [0.2, 0.25) is 0 Å². The molecule has 0 fully saturated rings. The van der Waals surface area contributed by atoms with Crippen molar-refractivity contribution in [1.82, 2.24) is 0 Å². The average Bonchev–Trinajstić information content (AvgIpc) is 2.27. The van der Waals surface area contributed by atoms with Gasteiger partial charge in [-0.25, -0.2) is 0 Å². The summed E-state index contributed by atoms with van der Waals surface area (Å²) in [5.74, 6) is 0.787.